The van der Waals surface area contributed by atoms with Crippen molar-refractivity contribution in [3.8, 4) is 0 Å². The topological polar surface area (TPSA) is 44.8 Å². The smallest absolute Gasteiger partial charge is 0.287 e. The summed E-state index contributed by atoms with van der Waals surface area (Å²) in [6.45, 7) is 2.98. The Hall–Kier alpha value is -0.240. The van der Waals surface area contributed by atoms with E-state index < -0.39 is 26.5 Å². The lowest BCUT2D eigenvalue weighted by Crippen LogP contribution is -2.39. The Balaban J connectivity index is 4.74. The Bertz CT molecular complexity index is 316. The molecule has 10 heteroatoms. The number of rotatable bonds is 11. The summed E-state index contributed by atoms with van der Waals surface area (Å²) in [6.07, 6.45) is -6.74. The molecular weight excluding hydrogens is 310 g/mol. The van der Waals surface area contributed by atoms with Crippen molar-refractivity contribution in [3.05, 3.63) is 0 Å². The van der Waals surface area contributed by atoms with Gasteiger partial charge in [-0.1, -0.05) is 20.3 Å². The van der Waals surface area contributed by atoms with Gasteiger partial charge in [0.15, 0.2) is 0 Å². The molecule has 0 fully saturated rings. The van der Waals surface area contributed by atoms with Crippen LogP contribution in [0.2, 0.25) is 0 Å². The van der Waals surface area contributed by atoms with Gasteiger partial charge in [-0.3, -0.25) is 9.05 Å². The lowest BCUT2D eigenvalue weighted by molar-refractivity contribution is -0.226. The van der Waals surface area contributed by atoms with Gasteiger partial charge in [0.05, 0.1) is 13.2 Å². The Morgan fingerprint density at radius 2 is 1.60 bits per heavy atom. The summed E-state index contributed by atoms with van der Waals surface area (Å²) in [4.78, 5) is 0. The quantitative estimate of drug-likeness (QED) is 0.317. The molecule has 0 bridgehead atoms. The van der Waals surface area contributed by atoms with Crippen molar-refractivity contribution in [2.24, 2.45) is 0 Å². The zero-order valence-corrected chi connectivity index (χ0v) is 12.1. The lowest BCUT2D eigenvalue weighted by atomic mass is 10.4. The minimum atomic E-state index is -5.10. The largest absolute Gasteiger partial charge is 0.477 e. The normalized spacial score (nSPS) is 17.2. The second-order valence-corrected chi connectivity index (χ2v) is 5.49. The predicted molar refractivity (Wildman–Crippen MR) is 61.6 cm³/mol. The van der Waals surface area contributed by atoms with Gasteiger partial charge in [0, 0.05) is 0 Å². The van der Waals surface area contributed by atoms with Gasteiger partial charge in [0.2, 0.25) is 0 Å². The average Bonchev–Trinajstić information content (AvgIpc) is 2.36. The summed E-state index contributed by atoms with van der Waals surface area (Å²) >= 11 is 0. The molecule has 0 rings (SSSR count). The number of hydrogen-bond donors (Lipinski definition) is 0. The van der Waals surface area contributed by atoms with E-state index in [9.17, 15) is 26.5 Å². The highest BCUT2D eigenvalue weighted by atomic mass is 31.2. The SMILES string of the molecule is CCCCOP(=O)(OCCC)OC(F)C(F)(F)C(F)F. The molecule has 122 valence electrons. The molecule has 2 atom stereocenters. The van der Waals surface area contributed by atoms with Crippen molar-refractivity contribution < 1.29 is 40.1 Å². The van der Waals surface area contributed by atoms with Gasteiger partial charge in [-0.25, -0.2) is 22.3 Å². The van der Waals surface area contributed by atoms with Crippen LogP contribution in [0.5, 0.6) is 0 Å². The lowest BCUT2D eigenvalue weighted by Gasteiger charge is -2.24. The van der Waals surface area contributed by atoms with Crippen LogP contribution in [0.4, 0.5) is 22.0 Å². The Labute approximate surface area is 114 Å². The Morgan fingerprint density at radius 3 is 2.05 bits per heavy atom. The van der Waals surface area contributed by atoms with E-state index in [-0.39, 0.29) is 13.2 Å². The van der Waals surface area contributed by atoms with Gasteiger partial charge in [0.1, 0.15) is 0 Å². The number of unbranched alkanes of at least 4 members (excludes halogenated alkanes) is 1. The molecule has 0 N–H and O–H groups in total. The molecule has 2 unspecified atom stereocenters. The van der Waals surface area contributed by atoms with E-state index in [1.807, 2.05) is 0 Å². The third-order valence-corrected chi connectivity index (χ3v) is 3.46. The van der Waals surface area contributed by atoms with Crippen LogP contribution in [0.3, 0.4) is 0 Å². The fourth-order valence-electron chi connectivity index (χ4n) is 0.905. The molecule has 20 heavy (non-hydrogen) atoms. The highest BCUT2D eigenvalue weighted by Crippen LogP contribution is 2.53. The van der Waals surface area contributed by atoms with Crippen molar-refractivity contribution in [1.82, 2.24) is 0 Å². The molecule has 0 radical (unpaired) electrons. The van der Waals surface area contributed by atoms with E-state index in [2.05, 4.69) is 13.6 Å². The molecule has 0 heterocycles. The second kappa shape index (κ2) is 8.92. The predicted octanol–water partition coefficient (Wildman–Crippen LogP) is 4.55. The van der Waals surface area contributed by atoms with Crippen molar-refractivity contribution in [1.29, 1.82) is 0 Å². The van der Waals surface area contributed by atoms with Crippen LogP contribution in [-0.4, -0.2) is 31.9 Å². The van der Waals surface area contributed by atoms with Gasteiger partial charge in [-0.05, 0) is 12.8 Å². The molecule has 0 spiro atoms. The Kier molecular flexibility index (Phi) is 8.81. The minimum Gasteiger partial charge on any atom is -0.287 e. The first-order chi connectivity index (χ1) is 9.19. The molecule has 0 aromatic rings. The van der Waals surface area contributed by atoms with Crippen LogP contribution in [0.25, 0.3) is 0 Å². The molecule has 0 saturated carbocycles. The number of halogens is 5. The highest BCUT2D eigenvalue weighted by molar-refractivity contribution is 7.48. The first kappa shape index (κ1) is 19.8. The number of alkyl halides is 5. The van der Waals surface area contributed by atoms with E-state index in [1.54, 1.807) is 13.8 Å². The molecule has 0 aliphatic carbocycles. The summed E-state index contributed by atoms with van der Waals surface area (Å²) in [6, 6.07) is 0. The fraction of sp³-hybridized carbons (Fsp3) is 1.00. The molecule has 0 saturated heterocycles. The monoisotopic (exact) mass is 328 g/mol. The van der Waals surface area contributed by atoms with Crippen molar-refractivity contribution >= 4 is 7.82 Å². The van der Waals surface area contributed by atoms with Crippen molar-refractivity contribution in [3.63, 3.8) is 0 Å². The van der Waals surface area contributed by atoms with E-state index in [1.165, 1.54) is 0 Å². The van der Waals surface area contributed by atoms with Crippen LogP contribution in [0.1, 0.15) is 33.1 Å². The number of phosphoric acid groups is 1. The van der Waals surface area contributed by atoms with Crippen molar-refractivity contribution in [2.45, 2.75) is 51.8 Å². The third-order valence-electron chi connectivity index (χ3n) is 2.02. The van der Waals surface area contributed by atoms with Crippen LogP contribution < -0.4 is 0 Å². The highest BCUT2D eigenvalue weighted by Gasteiger charge is 2.53. The van der Waals surface area contributed by atoms with Crippen LogP contribution in [0.15, 0.2) is 0 Å². The second-order valence-electron chi connectivity index (χ2n) is 3.86. The van der Waals surface area contributed by atoms with Crippen LogP contribution in [-0.2, 0) is 18.1 Å². The van der Waals surface area contributed by atoms with Crippen LogP contribution in [0, 0.1) is 0 Å². The van der Waals surface area contributed by atoms with Gasteiger partial charge < -0.3 is 0 Å². The summed E-state index contributed by atoms with van der Waals surface area (Å²) < 4.78 is 87.2. The molecular formula is C10H18F5O4P. The zero-order valence-electron chi connectivity index (χ0n) is 11.2. The zero-order chi connectivity index (χ0) is 15.8. The molecule has 0 amide bonds. The van der Waals surface area contributed by atoms with Crippen molar-refractivity contribution in [2.75, 3.05) is 13.2 Å². The van der Waals surface area contributed by atoms with E-state index >= 15 is 0 Å². The summed E-state index contributed by atoms with van der Waals surface area (Å²) in [7, 11) is -4.65. The maximum atomic E-state index is 13.1. The summed E-state index contributed by atoms with van der Waals surface area (Å²) in [5.74, 6) is -5.10. The molecule has 0 aromatic heterocycles. The standard InChI is InChI=1S/C10H18F5O4P/c1-3-5-7-18-20(16,17-6-4-2)19-9(13)10(14,15)8(11)12/h8-9H,3-7H2,1-2H3. The first-order valence-corrected chi connectivity index (χ1v) is 7.53. The fourth-order valence-corrected chi connectivity index (χ4v) is 2.23. The molecule has 4 nitrogen and oxygen atoms in total. The van der Waals surface area contributed by atoms with Gasteiger partial charge in [-0.2, -0.15) is 8.78 Å². The van der Waals surface area contributed by atoms with E-state index in [0.29, 0.717) is 19.3 Å². The van der Waals surface area contributed by atoms with E-state index in [0.717, 1.165) is 0 Å². The first-order valence-electron chi connectivity index (χ1n) is 6.07. The molecule has 0 aliphatic heterocycles. The Morgan fingerprint density at radius 1 is 1.05 bits per heavy atom. The van der Waals surface area contributed by atoms with Crippen LogP contribution >= 0.6 is 7.82 Å². The summed E-state index contributed by atoms with van der Waals surface area (Å²) in [5.41, 5.74) is 0. The number of phosphoric ester groups is 1. The van der Waals surface area contributed by atoms with Gasteiger partial charge >= 0.3 is 20.2 Å². The maximum Gasteiger partial charge on any atom is 0.477 e. The average molecular weight is 328 g/mol. The summed E-state index contributed by atoms with van der Waals surface area (Å²) in [5, 5.41) is 0. The number of hydrogen-bond acceptors (Lipinski definition) is 4. The maximum absolute atomic E-state index is 13.1. The molecule has 0 aromatic carbocycles. The van der Waals surface area contributed by atoms with Gasteiger partial charge in [-0.15, -0.1) is 0 Å². The van der Waals surface area contributed by atoms with E-state index in [4.69, 9.17) is 0 Å². The van der Waals surface area contributed by atoms with Gasteiger partial charge in [0.25, 0.3) is 6.36 Å². The molecule has 0 aliphatic rings. The minimum absolute atomic E-state index is 0.190. The third kappa shape index (κ3) is 6.47.